The molecule has 0 aromatic heterocycles. The summed E-state index contributed by atoms with van der Waals surface area (Å²) in [6.07, 6.45) is 0. The fourth-order valence-electron chi connectivity index (χ4n) is 1.81. The second kappa shape index (κ2) is 7.67. The molecule has 0 heterocycles. The van der Waals surface area contributed by atoms with E-state index in [2.05, 4.69) is 26.0 Å². The number of nitrogens with one attached hydrogen (secondary N) is 2. The van der Waals surface area contributed by atoms with Crippen LogP contribution in [0.25, 0.3) is 0 Å². The van der Waals surface area contributed by atoms with Crippen LogP contribution in [0.3, 0.4) is 0 Å². The Kier molecular flexibility index (Phi) is 5.86. The van der Waals surface area contributed by atoms with Gasteiger partial charge in [0.25, 0.3) is 5.91 Å². The summed E-state index contributed by atoms with van der Waals surface area (Å²) in [5, 5.41) is 2.58. The van der Waals surface area contributed by atoms with Crippen LogP contribution in [0.4, 0.5) is 4.39 Å². The molecule has 2 aromatic rings. The lowest BCUT2D eigenvalue weighted by molar-refractivity contribution is 0.0954. The molecule has 0 aliphatic rings. The summed E-state index contributed by atoms with van der Waals surface area (Å²) in [6.45, 7) is 0.0371. The van der Waals surface area contributed by atoms with Crippen molar-refractivity contribution in [3.8, 4) is 0 Å². The molecule has 0 aliphatic heterocycles. The fourth-order valence-corrected chi connectivity index (χ4v) is 3.46. The summed E-state index contributed by atoms with van der Waals surface area (Å²) < 4.78 is 40.4. The lowest BCUT2D eigenvalue weighted by atomic mass is 10.2. The van der Waals surface area contributed by atoms with Crippen LogP contribution >= 0.6 is 15.9 Å². The van der Waals surface area contributed by atoms with Gasteiger partial charge in [-0.05, 0) is 30.3 Å². The first-order valence-electron chi connectivity index (χ1n) is 6.68. The molecular weight excluding hydrogens is 387 g/mol. The Labute approximate surface area is 142 Å². The highest BCUT2D eigenvalue weighted by Gasteiger charge is 2.18. The van der Waals surface area contributed by atoms with Crippen molar-refractivity contribution in [3.05, 3.63) is 64.4 Å². The summed E-state index contributed by atoms with van der Waals surface area (Å²) in [4.78, 5) is 11.3. The van der Waals surface area contributed by atoms with Crippen molar-refractivity contribution >= 4 is 31.9 Å². The van der Waals surface area contributed by atoms with Crippen molar-refractivity contribution in [2.24, 2.45) is 0 Å². The predicted octanol–water partition coefficient (Wildman–Crippen LogP) is 2.30. The zero-order valence-electron chi connectivity index (χ0n) is 11.9. The maximum atomic E-state index is 13.6. The number of benzene rings is 2. The van der Waals surface area contributed by atoms with Crippen LogP contribution in [0.2, 0.25) is 0 Å². The van der Waals surface area contributed by atoms with Crippen LogP contribution in [-0.4, -0.2) is 27.4 Å². The number of halogens is 2. The molecule has 1 amide bonds. The molecule has 2 aromatic carbocycles. The second-order valence-corrected chi connectivity index (χ2v) is 7.25. The molecule has 0 fully saturated rings. The monoisotopic (exact) mass is 400 g/mol. The molecular formula is C15H14BrFN2O3S. The first-order valence-corrected chi connectivity index (χ1v) is 8.96. The van der Waals surface area contributed by atoms with Crippen molar-refractivity contribution in [1.82, 2.24) is 10.0 Å². The van der Waals surface area contributed by atoms with Gasteiger partial charge in [0.15, 0.2) is 0 Å². The van der Waals surface area contributed by atoms with Gasteiger partial charge in [-0.1, -0.05) is 34.1 Å². The van der Waals surface area contributed by atoms with E-state index in [4.69, 9.17) is 0 Å². The predicted molar refractivity (Wildman–Crippen MR) is 88.1 cm³/mol. The van der Waals surface area contributed by atoms with Gasteiger partial charge in [-0.15, -0.1) is 0 Å². The third-order valence-electron chi connectivity index (χ3n) is 2.92. The van der Waals surface area contributed by atoms with Crippen LogP contribution < -0.4 is 10.0 Å². The Bertz CT molecular complexity index is 798. The van der Waals surface area contributed by atoms with Crippen molar-refractivity contribution < 1.29 is 17.6 Å². The Morgan fingerprint density at radius 3 is 2.48 bits per heavy atom. The number of sulfonamides is 1. The Balaban J connectivity index is 1.90. The van der Waals surface area contributed by atoms with Crippen molar-refractivity contribution in [3.63, 3.8) is 0 Å². The molecule has 0 aliphatic carbocycles. The highest BCUT2D eigenvalue weighted by Crippen LogP contribution is 2.19. The summed E-state index contributed by atoms with van der Waals surface area (Å²) in [5.41, 5.74) is 0.480. The third-order valence-corrected chi connectivity index (χ3v) is 4.89. The molecule has 0 saturated carbocycles. The zero-order chi connectivity index (χ0) is 16.9. The normalized spacial score (nSPS) is 11.2. The van der Waals surface area contributed by atoms with Crippen LogP contribution in [0.5, 0.6) is 0 Å². The molecule has 0 atom stereocenters. The van der Waals surface area contributed by atoms with E-state index in [0.29, 0.717) is 10.0 Å². The van der Waals surface area contributed by atoms with Crippen LogP contribution in [0.1, 0.15) is 10.4 Å². The number of carbonyl (C=O) groups excluding carboxylic acids is 1. The maximum absolute atomic E-state index is 13.6. The molecule has 0 spiro atoms. The second-order valence-electron chi connectivity index (χ2n) is 4.59. The minimum atomic E-state index is -3.98. The quantitative estimate of drug-likeness (QED) is 0.730. The van der Waals surface area contributed by atoms with Gasteiger partial charge in [-0.3, -0.25) is 4.79 Å². The van der Waals surface area contributed by atoms with Crippen molar-refractivity contribution in [1.29, 1.82) is 0 Å². The van der Waals surface area contributed by atoms with Crippen LogP contribution in [0.15, 0.2) is 57.9 Å². The van der Waals surface area contributed by atoms with E-state index in [1.807, 2.05) is 0 Å². The summed E-state index contributed by atoms with van der Waals surface area (Å²) in [7, 11) is -3.98. The van der Waals surface area contributed by atoms with E-state index in [1.165, 1.54) is 12.1 Å². The largest absolute Gasteiger partial charge is 0.351 e. The summed E-state index contributed by atoms with van der Waals surface area (Å²) >= 11 is 3.10. The topological polar surface area (TPSA) is 75.3 Å². The lowest BCUT2D eigenvalue weighted by Crippen LogP contribution is -2.35. The van der Waals surface area contributed by atoms with E-state index in [9.17, 15) is 17.6 Å². The molecule has 0 unspecified atom stereocenters. The Morgan fingerprint density at radius 2 is 1.78 bits per heavy atom. The number of amides is 1. The Hall–Kier alpha value is -1.77. The molecule has 0 saturated heterocycles. The maximum Gasteiger partial charge on any atom is 0.251 e. The van der Waals surface area contributed by atoms with Crippen LogP contribution in [-0.2, 0) is 10.0 Å². The molecule has 2 rings (SSSR count). The van der Waals surface area contributed by atoms with Gasteiger partial charge in [-0.2, -0.15) is 0 Å². The average molecular weight is 401 g/mol. The minimum absolute atomic E-state index is 0.0487. The SMILES string of the molecule is O=C(NCCNS(=O)(=O)c1cc(Br)ccc1F)c1ccccc1. The van der Waals surface area contributed by atoms with Gasteiger partial charge >= 0.3 is 0 Å². The molecule has 23 heavy (non-hydrogen) atoms. The first kappa shape index (κ1) is 17.6. The molecule has 2 N–H and O–H groups in total. The van der Waals surface area contributed by atoms with E-state index < -0.39 is 20.7 Å². The standard InChI is InChI=1S/C15H14BrFN2O3S/c16-12-6-7-13(17)14(10-12)23(21,22)19-9-8-18-15(20)11-4-2-1-3-5-11/h1-7,10,19H,8-9H2,(H,18,20). The fraction of sp³-hybridized carbons (Fsp3) is 0.133. The lowest BCUT2D eigenvalue weighted by Gasteiger charge is -2.09. The number of carbonyl (C=O) groups is 1. The Morgan fingerprint density at radius 1 is 1.09 bits per heavy atom. The first-order chi connectivity index (χ1) is 10.9. The smallest absolute Gasteiger partial charge is 0.251 e. The average Bonchev–Trinajstić information content (AvgIpc) is 2.54. The van der Waals surface area contributed by atoms with Crippen LogP contribution in [0, 0.1) is 5.82 Å². The molecule has 8 heteroatoms. The van der Waals surface area contributed by atoms with E-state index >= 15 is 0 Å². The summed E-state index contributed by atoms with van der Waals surface area (Å²) in [6, 6.07) is 12.2. The van der Waals surface area contributed by atoms with Gasteiger partial charge in [0, 0.05) is 23.1 Å². The third kappa shape index (κ3) is 4.85. The number of rotatable bonds is 6. The molecule has 122 valence electrons. The van der Waals surface area contributed by atoms with Gasteiger partial charge in [0.2, 0.25) is 10.0 Å². The van der Waals surface area contributed by atoms with Crippen molar-refractivity contribution in [2.45, 2.75) is 4.90 Å². The van der Waals surface area contributed by atoms with Gasteiger partial charge in [-0.25, -0.2) is 17.5 Å². The molecule has 0 radical (unpaired) electrons. The van der Waals surface area contributed by atoms with E-state index in [0.717, 1.165) is 6.07 Å². The minimum Gasteiger partial charge on any atom is -0.351 e. The molecule has 5 nitrogen and oxygen atoms in total. The highest BCUT2D eigenvalue weighted by molar-refractivity contribution is 9.10. The van der Waals surface area contributed by atoms with Crippen molar-refractivity contribution in [2.75, 3.05) is 13.1 Å². The van der Waals surface area contributed by atoms with E-state index in [-0.39, 0.29) is 19.0 Å². The summed E-state index contributed by atoms with van der Waals surface area (Å²) in [5.74, 6) is -1.15. The molecule has 0 bridgehead atoms. The highest BCUT2D eigenvalue weighted by atomic mass is 79.9. The van der Waals surface area contributed by atoms with Gasteiger partial charge in [0.1, 0.15) is 10.7 Å². The number of hydrogen-bond donors (Lipinski definition) is 2. The van der Waals surface area contributed by atoms with Gasteiger partial charge in [0.05, 0.1) is 0 Å². The number of hydrogen-bond acceptors (Lipinski definition) is 3. The van der Waals surface area contributed by atoms with Gasteiger partial charge < -0.3 is 5.32 Å². The van der Waals surface area contributed by atoms with E-state index in [1.54, 1.807) is 30.3 Å². The zero-order valence-corrected chi connectivity index (χ0v) is 14.3.